The first kappa shape index (κ1) is 24.7. The van der Waals surface area contributed by atoms with Crippen LogP contribution in [0.2, 0.25) is 0 Å². The number of thiocarbonyl (C=S) groups is 1. The molecule has 0 aliphatic carbocycles. The van der Waals surface area contributed by atoms with Crippen molar-refractivity contribution in [2.75, 3.05) is 18.1 Å². The first-order valence-electron chi connectivity index (χ1n) is 11.0. The summed E-state index contributed by atoms with van der Waals surface area (Å²) in [6.45, 7) is 4.15. The predicted octanol–water partition coefficient (Wildman–Crippen LogP) is 3.70. The maximum absolute atomic E-state index is 13.2. The summed E-state index contributed by atoms with van der Waals surface area (Å²) in [5, 5.41) is 0. The molecule has 4 rings (SSSR count). The molecule has 1 aromatic carbocycles. The van der Waals surface area contributed by atoms with E-state index in [0.29, 0.717) is 21.4 Å². The Kier molecular flexibility index (Phi) is 7.30. The molecule has 2 aliphatic heterocycles. The Balaban J connectivity index is 1.44. The molecule has 0 saturated carbocycles. The lowest BCUT2D eigenvalue weighted by Crippen LogP contribution is -2.42. The average Bonchev–Trinajstić information content (AvgIpc) is 3.43. The molecule has 180 valence electrons. The van der Waals surface area contributed by atoms with E-state index in [2.05, 4.69) is 0 Å². The van der Waals surface area contributed by atoms with Crippen LogP contribution in [0.15, 0.2) is 45.7 Å². The Labute approximate surface area is 209 Å². The van der Waals surface area contributed by atoms with Gasteiger partial charge >= 0.3 is 0 Å². The molecule has 1 aromatic heterocycles. The van der Waals surface area contributed by atoms with Crippen molar-refractivity contribution in [3.8, 4) is 0 Å². The summed E-state index contributed by atoms with van der Waals surface area (Å²) in [4.78, 5) is 29.7. The van der Waals surface area contributed by atoms with Crippen LogP contribution in [0.5, 0.6) is 0 Å². The van der Waals surface area contributed by atoms with E-state index < -0.39 is 15.9 Å². The van der Waals surface area contributed by atoms with Crippen molar-refractivity contribution >= 4 is 56.0 Å². The number of amides is 2. The summed E-state index contributed by atoms with van der Waals surface area (Å²) in [5.74, 6) is 0.879. The van der Waals surface area contributed by atoms with Crippen molar-refractivity contribution < 1.29 is 22.4 Å². The van der Waals surface area contributed by atoms with E-state index in [9.17, 15) is 18.0 Å². The number of aryl methyl sites for hydroxylation is 2. The fourth-order valence-electron chi connectivity index (χ4n) is 4.04. The van der Waals surface area contributed by atoms with Gasteiger partial charge in [0, 0.05) is 19.0 Å². The molecule has 2 amide bonds. The molecule has 0 radical (unpaired) electrons. The number of carbonyl (C=O) groups is 2. The third kappa shape index (κ3) is 5.79. The van der Waals surface area contributed by atoms with E-state index in [1.165, 1.54) is 16.7 Å². The van der Waals surface area contributed by atoms with Crippen LogP contribution in [-0.2, 0) is 26.0 Å². The molecule has 34 heavy (non-hydrogen) atoms. The van der Waals surface area contributed by atoms with E-state index >= 15 is 0 Å². The molecule has 2 aromatic rings. The van der Waals surface area contributed by atoms with Gasteiger partial charge in [0.15, 0.2) is 9.84 Å². The number of benzene rings is 1. The van der Waals surface area contributed by atoms with Crippen molar-refractivity contribution in [3.05, 3.63) is 64.0 Å². The van der Waals surface area contributed by atoms with Crippen LogP contribution in [-0.4, -0.2) is 58.4 Å². The van der Waals surface area contributed by atoms with Crippen molar-refractivity contribution in [1.29, 1.82) is 0 Å². The van der Waals surface area contributed by atoms with Crippen molar-refractivity contribution in [3.63, 3.8) is 0 Å². The smallest absolute Gasteiger partial charge is 0.266 e. The summed E-state index contributed by atoms with van der Waals surface area (Å²) in [5.41, 5.74) is 2.04. The number of furan rings is 1. The maximum Gasteiger partial charge on any atom is 0.266 e. The van der Waals surface area contributed by atoms with Crippen LogP contribution in [0.4, 0.5) is 0 Å². The van der Waals surface area contributed by atoms with Crippen LogP contribution in [0.3, 0.4) is 0 Å². The average molecular weight is 519 g/mol. The molecule has 0 N–H and O–H groups in total. The van der Waals surface area contributed by atoms with Crippen LogP contribution in [0.25, 0.3) is 6.08 Å². The van der Waals surface area contributed by atoms with Crippen molar-refractivity contribution in [2.45, 2.75) is 39.3 Å². The Morgan fingerprint density at radius 2 is 1.97 bits per heavy atom. The number of thioether (sulfide) groups is 1. The second-order valence-electron chi connectivity index (χ2n) is 8.58. The Bertz CT molecular complexity index is 1250. The highest BCUT2D eigenvalue weighted by Crippen LogP contribution is 2.33. The van der Waals surface area contributed by atoms with Crippen LogP contribution >= 0.6 is 24.0 Å². The molecular weight excluding hydrogens is 492 g/mol. The van der Waals surface area contributed by atoms with Gasteiger partial charge in [-0.05, 0) is 44.0 Å². The second-order valence-corrected chi connectivity index (χ2v) is 12.5. The molecule has 2 aliphatic rings. The maximum atomic E-state index is 13.2. The van der Waals surface area contributed by atoms with Crippen LogP contribution in [0.1, 0.15) is 35.5 Å². The molecule has 0 spiro atoms. The normalized spacial score (nSPS) is 20.9. The third-order valence-electron chi connectivity index (χ3n) is 5.89. The standard InChI is InChI=1S/C24H26N2O5S3/c1-16-3-6-18(7-4-16)13-21-23(28)25(24(32)33-21)11-9-22(27)26(14-20-8-5-17(2)31-20)19-10-12-34(29,30)15-19/h3-8,13,19H,9-12,14-15H2,1-2H3/b21-13-. The summed E-state index contributed by atoms with van der Waals surface area (Å²) in [6.07, 6.45) is 2.24. The highest BCUT2D eigenvalue weighted by atomic mass is 32.2. The van der Waals surface area contributed by atoms with Crippen molar-refractivity contribution in [1.82, 2.24) is 9.80 Å². The van der Waals surface area contributed by atoms with Gasteiger partial charge in [-0.3, -0.25) is 14.5 Å². The topological polar surface area (TPSA) is 87.9 Å². The molecule has 1 atom stereocenters. The summed E-state index contributed by atoms with van der Waals surface area (Å²) in [7, 11) is -3.17. The number of nitrogens with zero attached hydrogens (tertiary/aromatic N) is 2. The minimum absolute atomic E-state index is 0.0422. The van der Waals surface area contributed by atoms with Gasteiger partial charge in [0.05, 0.1) is 23.0 Å². The summed E-state index contributed by atoms with van der Waals surface area (Å²) >= 11 is 6.62. The van der Waals surface area contributed by atoms with Gasteiger partial charge in [-0.25, -0.2) is 8.42 Å². The van der Waals surface area contributed by atoms with E-state index in [-0.39, 0.29) is 42.8 Å². The highest BCUT2D eigenvalue weighted by Gasteiger charge is 2.36. The van der Waals surface area contributed by atoms with Gasteiger partial charge in [-0.2, -0.15) is 0 Å². The summed E-state index contributed by atoms with van der Waals surface area (Å²) in [6, 6.07) is 11.0. The SMILES string of the molecule is Cc1ccc(/C=C2\SC(=S)N(CCC(=O)N(Cc3ccc(C)o3)C3CCS(=O)(=O)C3)C2=O)cc1. The minimum Gasteiger partial charge on any atom is -0.464 e. The number of sulfone groups is 1. The fraction of sp³-hybridized carbons (Fsp3) is 0.375. The van der Waals surface area contributed by atoms with Crippen molar-refractivity contribution in [2.24, 2.45) is 0 Å². The van der Waals surface area contributed by atoms with Gasteiger partial charge in [0.25, 0.3) is 5.91 Å². The molecule has 1 unspecified atom stereocenters. The Morgan fingerprint density at radius 3 is 2.59 bits per heavy atom. The largest absolute Gasteiger partial charge is 0.464 e. The monoisotopic (exact) mass is 518 g/mol. The zero-order valence-electron chi connectivity index (χ0n) is 19.0. The molecule has 10 heteroatoms. The lowest BCUT2D eigenvalue weighted by Gasteiger charge is -2.28. The minimum atomic E-state index is -3.17. The second kappa shape index (κ2) is 10.1. The van der Waals surface area contributed by atoms with E-state index in [0.717, 1.165) is 16.9 Å². The first-order valence-corrected chi connectivity index (χ1v) is 14.0. The molecule has 0 bridgehead atoms. The zero-order valence-corrected chi connectivity index (χ0v) is 21.5. The van der Waals surface area contributed by atoms with Gasteiger partial charge in [-0.1, -0.05) is 53.8 Å². The van der Waals surface area contributed by atoms with Gasteiger partial charge in [0.1, 0.15) is 15.8 Å². The highest BCUT2D eigenvalue weighted by molar-refractivity contribution is 8.26. The molecule has 2 fully saturated rings. The summed E-state index contributed by atoms with van der Waals surface area (Å²) < 4.78 is 30.1. The van der Waals surface area contributed by atoms with E-state index in [1.807, 2.05) is 44.2 Å². The number of hydrogen-bond acceptors (Lipinski definition) is 7. The number of carbonyl (C=O) groups excluding carboxylic acids is 2. The van der Waals surface area contributed by atoms with Gasteiger partial charge < -0.3 is 9.32 Å². The van der Waals surface area contributed by atoms with E-state index in [4.69, 9.17) is 16.6 Å². The lowest BCUT2D eigenvalue weighted by molar-refractivity contribution is -0.134. The first-order chi connectivity index (χ1) is 16.1. The van der Waals surface area contributed by atoms with Gasteiger partial charge in [-0.15, -0.1) is 0 Å². The van der Waals surface area contributed by atoms with Crippen LogP contribution < -0.4 is 0 Å². The number of hydrogen-bond donors (Lipinski definition) is 0. The molecule has 3 heterocycles. The lowest BCUT2D eigenvalue weighted by atomic mass is 10.1. The van der Waals surface area contributed by atoms with Crippen LogP contribution in [0, 0.1) is 13.8 Å². The van der Waals surface area contributed by atoms with E-state index in [1.54, 1.807) is 17.0 Å². The Hall–Kier alpha value is -2.43. The molecule has 2 saturated heterocycles. The third-order valence-corrected chi connectivity index (χ3v) is 9.02. The molecular formula is C24H26N2O5S3. The zero-order chi connectivity index (χ0) is 24.5. The number of rotatable bonds is 7. The molecule has 7 nitrogen and oxygen atoms in total. The Morgan fingerprint density at radius 1 is 1.24 bits per heavy atom. The predicted molar refractivity (Wildman–Crippen MR) is 137 cm³/mol. The quantitative estimate of drug-likeness (QED) is 0.408. The van der Waals surface area contributed by atoms with Gasteiger partial charge in [0.2, 0.25) is 5.91 Å². The fourth-order valence-corrected chi connectivity index (χ4v) is 7.08.